The average molecular weight is 417 g/mol. The minimum atomic E-state index is -0.581. The number of hydrogen-bond donors (Lipinski definition) is 1. The summed E-state index contributed by atoms with van der Waals surface area (Å²) in [7, 11) is 1.57. The summed E-state index contributed by atoms with van der Waals surface area (Å²) in [5.74, 6) is 0.280. The van der Waals surface area contributed by atoms with Crippen molar-refractivity contribution in [3.05, 3.63) is 49.4 Å². The maximum atomic E-state index is 13.0. The molecule has 1 aromatic carbocycles. The van der Waals surface area contributed by atoms with Gasteiger partial charge in [0.25, 0.3) is 5.56 Å². The van der Waals surface area contributed by atoms with Crippen LogP contribution in [-0.2, 0) is 16.1 Å². The SMILES string of the molecule is CCCNC(=O)Cn1c(=O)/c(=C\c2ccccc2OC)s/c1=C\C(=O)C(C)(C)C. The molecular weight excluding hydrogens is 388 g/mol. The van der Waals surface area contributed by atoms with Crippen molar-refractivity contribution in [1.29, 1.82) is 0 Å². The number of hydrogen-bond acceptors (Lipinski definition) is 5. The second-order valence-corrected chi connectivity index (χ2v) is 8.75. The van der Waals surface area contributed by atoms with Gasteiger partial charge in [0.05, 0.1) is 11.6 Å². The Morgan fingerprint density at radius 1 is 1.24 bits per heavy atom. The molecule has 0 spiro atoms. The fourth-order valence-electron chi connectivity index (χ4n) is 2.51. The quantitative estimate of drug-likeness (QED) is 0.745. The highest BCUT2D eigenvalue weighted by Crippen LogP contribution is 2.17. The maximum absolute atomic E-state index is 13.0. The van der Waals surface area contributed by atoms with Crippen molar-refractivity contribution >= 4 is 35.2 Å². The Hall–Kier alpha value is -2.67. The molecular formula is C22H28N2O4S. The van der Waals surface area contributed by atoms with Gasteiger partial charge in [-0.05, 0) is 18.6 Å². The predicted octanol–water partition coefficient (Wildman–Crippen LogP) is 1.67. The van der Waals surface area contributed by atoms with Crippen LogP contribution in [0.25, 0.3) is 12.2 Å². The third-order valence-electron chi connectivity index (χ3n) is 4.23. The third-order valence-corrected chi connectivity index (χ3v) is 5.29. The molecule has 0 aliphatic heterocycles. The van der Waals surface area contributed by atoms with Crippen molar-refractivity contribution in [3.8, 4) is 5.75 Å². The Kier molecular flexibility index (Phi) is 7.56. The number of nitrogens with zero attached hydrogens (tertiary/aromatic N) is 1. The van der Waals surface area contributed by atoms with Gasteiger partial charge in [0.2, 0.25) is 5.91 Å². The average Bonchev–Trinajstić information content (AvgIpc) is 2.94. The first-order valence-corrected chi connectivity index (χ1v) is 10.4. The summed E-state index contributed by atoms with van der Waals surface area (Å²) in [5, 5.41) is 2.77. The van der Waals surface area contributed by atoms with Gasteiger partial charge in [-0.15, -0.1) is 11.3 Å². The van der Waals surface area contributed by atoms with Crippen LogP contribution in [-0.4, -0.2) is 29.9 Å². The molecule has 0 unspecified atom stereocenters. The van der Waals surface area contributed by atoms with E-state index >= 15 is 0 Å². The Morgan fingerprint density at radius 2 is 1.93 bits per heavy atom. The van der Waals surface area contributed by atoms with Crippen LogP contribution in [0.4, 0.5) is 0 Å². The van der Waals surface area contributed by atoms with E-state index in [1.165, 1.54) is 22.0 Å². The number of rotatable bonds is 7. The lowest BCUT2D eigenvalue weighted by Gasteiger charge is -2.12. The molecule has 0 aliphatic rings. The van der Waals surface area contributed by atoms with E-state index in [-0.39, 0.29) is 23.8 Å². The number of carbonyl (C=O) groups is 2. The number of thiazole rings is 1. The minimum absolute atomic E-state index is 0.106. The van der Waals surface area contributed by atoms with Gasteiger partial charge < -0.3 is 10.1 Å². The standard InChI is InChI=1S/C22H28N2O4S/c1-6-11-23-19(26)14-24-20(13-18(25)22(2,3)4)29-17(21(24)27)12-15-9-7-8-10-16(15)28-5/h7-10,12-13H,6,11,14H2,1-5H3,(H,23,26)/b17-12+,20-13-. The number of aromatic nitrogens is 1. The molecule has 0 bridgehead atoms. The second kappa shape index (κ2) is 9.69. The van der Waals surface area contributed by atoms with E-state index in [9.17, 15) is 14.4 Å². The van der Waals surface area contributed by atoms with Gasteiger partial charge >= 0.3 is 0 Å². The maximum Gasteiger partial charge on any atom is 0.269 e. The molecule has 6 nitrogen and oxygen atoms in total. The van der Waals surface area contributed by atoms with Crippen LogP contribution < -0.4 is 24.8 Å². The topological polar surface area (TPSA) is 77.4 Å². The lowest BCUT2D eigenvalue weighted by molar-refractivity contribution is -0.122. The molecule has 0 atom stereocenters. The number of Topliss-reactive ketones (excluding diaryl/α,β-unsaturated/α-hetero) is 1. The fraction of sp³-hybridized carbons (Fsp3) is 0.409. The van der Waals surface area contributed by atoms with Crippen LogP contribution in [0, 0.1) is 5.41 Å². The van der Waals surface area contributed by atoms with Crippen molar-refractivity contribution < 1.29 is 14.3 Å². The Bertz CT molecular complexity index is 1060. The number of benzene rings is 1. The van der Waals surface area contributed by atoms with Gasteiger partial charge in [-0.1, -0.05) is 45.9 Å². The summed E-state index contributed by atoms with van der Waals surface area (Å²) in [6.45, 7) is 7.82. The van der Waals surface area contributed by atoms with Gasteiger partial charge in [0.1, 0.15) is 17.0 Å². The van der Waals surface area contributed by atoms with Crippen molar-refractivity contribution in [3.63, 3.8) is 0 Å². The smallest absolute Gasteiger partial charge is 0.269 e. The van der Waals surface area contributed by atoms with E-state index in [0.717, 1.165) is 12.0 Å². The van der Waals surface area contributed by atoms with E-state index in [1.54, 1.807) is 13.2 Å². The molecule has 1 aromatic heterocycles. The van der Waals surface area contributed by atoms with Crippen LogP contribution in [0.1, 0.15) is 39.7 Å². The molecule has 1 amide bonds. The van der Waals surface area contributed by atoms with Crippen molar-refractivity contribution in [2.24, 2.45) is 5.41 Å². The molecule has 156 valence electrons. The zero-order chi connectivity index (χ0) is 21.6. The van der Waals surface area contributed by atoms with Gasteiger partial charge in [0.15, 0.2) is 5.78 Å². The highest BCUT2D eigenvalue weighted by Gasteiger charge is 2.20. The Morgan fingerprint density at radius 3 is 2.55 bits per heavy atom. The lowest BCUT2D eigenvalue weighted by atomic mass is 9.91. The summed E-state index contributed by atoms with van der Waals surface area (Å²) in [6.07, 6.45) is 3.99. The van der Waals surface area contributed by atoms with Crippen LogP contribution in [0.5, 0.6) is 5.75 Å². The first-order chi connectivity index (χ1) is 13.7. The summed E-state index contributed by atoms with van der Waals surface area (Å²) in [4.78, 5) is 37.8. The number of amides is 1. The van der Waals surface area contributed by atoms with E-state index in [2.05, 4.69) is 5.32 Å². The second-order valence-electron chi connectivity index (χ2n) is 7.69. The first kappa shape index (κ1) is 22.6. The number of nitrogens with one attached hydrogen (secondary N) is 1. The first-order valence-electron chi connectivity index (χ1n) is 9.54. The number of methoxy groups -OCH3 is 1. The number of carbonyl (C=O) groups excluding carboxylic acids is 2. The van der Waals surface area contributed by atoms with Crippen LogP contribution in [0.3, 0.4) is 0 Å². The molecule has 2 aromatic rings. The molecule has 1 heterocycles. The number of ketones is 1. The molecule has 1 N–H and O–H groups in total. The van der Waals surface area contributed by atoms with E-state index < -0.39 is 5.41 Å². The van der Waals surface area contributed by atoms with Crippen LogP contribution in [0.2, 0.25) is 0 Å². The lowest BCUT2D eigenvalue weighted by Crippen LogP contribution is -2.38. The molecule has 0 aliphatic carbocycles. The summed E-state index contributed by atoms with van der Waals surface area (Å²) < 4.78 is 7.61. The third kappa shape index (κ3) is 5.90. The Balaban J connectivity index is 2.63. The largest absolute Gasteiger partial charge is 0.496 e. The highest BCUT2D eigenvalue weighted by atomic mass is 32.1. The number of ether oxygens (including phenoxy) is 1. The van der Waals surface area contributed by atoms with Crippen molar-refractivity contribution in [2.75, 3.05) is 13.7 Å². The van der Waals surface area contributed by atoms with Gasteiger partial charge in [-0.2, -0.15) is 0 Å². The zero-order valence-corrected chi connectivity index (χ0v) is 18.4. The summed E-state index contributed by atoms with van der Waals surface area (Å²) in [5.41, 5.74) is -0.132. The molecule has 0 saturated heterocycles. The minimum Gasteiger partial charge on any atom is -0.496 e. The molecule has 0 radical (unpaired) electrons. The van der Waals surface area contributed by atoms with Gasteiger partial charge in [-0.3, -0.25) is 19.0 Å². The van der Waals surface area contributed by atoms with E-state index in [1.807, 2.05) is 52.0 Å². The molecule has 7 heteroatoms. The van der Waals surface area contributed by atoms with Gasteiger partial charge in [-0.25, -0.2) is 0 Å². The monoisotopic (exact) mass is 416 g/mol. The number of para-hydroxylation sites is 1. The van der Waals surface area contributed by atoms with E-state index in [0.29, 0.717) is 21.5 Å². The molecule has 0 fully saturated rings. The highest BCUT2D eigenvalue weighted by molar-refractivity contribution is 7.07. The molecule has 0 saturated carbocycles. The van der Waals surface area contributed by atoms with E-state index in [4.69, 9.17) is 4.74 Å². The summed E-state index contributed by atoms with van der Waals surface area (Å²) in [6, 6.07) is 7.36. The predicted molar refractivity (Wildman–Crippen MR) is 117 cm³/mol. The van der Waals surface area contributed by atoms with Crippen LogP contribution in [0.15, 0.2) is 29.1 Å². The van der Waals surface area contributed by atoms with Crippen molar-refractivity contribution in [1.82, 2.24) is 9.88 Å². The molecule has 29 heavy (non-hydrogen) atoms. The normalized spacial score (nSPS) is 12.9. The summed E-state index contributed by atoms with van der Waals surface area (Å²) >= 11 is 1.19. The van der Waals surface area contributed by atoms with Gasteiger partial charge in [0, 0.05) is 23.6 Å². The fourth-order valence-corrected chi connectivity index (χ4v) is 3.54. The van der Waals surface area contributed by atoms with Crippen LogP contribution >= 0.6 is 11.3 Å². The Labute approximate surface area is 174 Å². The van der Waals surface area contributed by atoms with Crippen molar-refractivity contribution in [2.45, 2.75) is 40.7 Å². The zero-order valence-electron chi connectivity index (χ0n) is 17.6. The molecule has 2 rings (SSSR count).